The Kier molecular flexibility index (Phi) is 4.72. The zero-order chi connectivity index (χ0) is 21.5. The molecule has 1 aliphatic carbocycles. The van der Waals surface area contributed by atoms with Crippen LogP contribution in [0.15, 0.2) is 41.7 Å². The van der Waals surface area contributed by atoms with Crippen LogP contribution in [0.2, 0.25) is 0 Å². The van der Waals surface area contributed by atoms with Crippen molar-refractivity contribution in [2.24, 2.45) is 0 Å². The molecule has 1 atom stereocenters. The first-order valence-electron chi connectivity index (χ1n) is 10.5. The number of benzene rings is 1. The van der Waals surface area contributed by atoms with Gasteiger partial charge in [-0.3, -0.25) is 14.3 Å². The molecule has 0 spiro atoms. The topological polar surface area (TPSA) is 119 Å². The summed E-state index contributed by atoms with van der Waals surface area (Å²) in [5.41, 5.74) is 7.60. The quantitative estimate of drug-likeness (QED) is 0.611. The Labute approximate surface area is 178 Å². The molecule has 3 heterocycles. The Bertz CT molecular complexity index is 1210. The number of rotatable bonds is 5. The lowest BCUT2D eigenvalue weighted by molar-refractivity contribution is -0.127. The van der Waals surface area contributed by atoms with E-state index in [1.54, 1.807) is 9.58 Å². The van der Waals surface area contributed by atoms with Gasteiger partial charge in [-0.15, -0.1) is 0 Å². The third kappa shape index (κ3) is 3.56. The van der Waals surface area contributed by atoms with Crippen LogP contribution in [0.5, 0.6) is 5.75 Å². The van der Waals surface area contributed by atoms with Crippen molar-refractivity contribution in [1.29, 1.82) is 0 Å². The molecule has 1 saturated heterocycles. The predicted octanol–water partition coefficient (Wildman–Crippen LogP) is 2.26. The van der Waals surface area contributed by atoms with Crippen molar-refractivity contribution in [2.45, 2.75) is 37.8 Å². The van der Waals surface area contributed by atoms with E-state index >= 15 is 0 Å². The molecule has 2 aromatic heterocycles. The number of ether oxygens (including phenoxy) is 1. The number of hydrogen-bond acceptors (Lipinski definition) is 6. The highest BCUT2D eigenvalue weighted by molar-refractivity contribution is 5.99. The van der Waals surface area contributed by atoms with Crippen LogP contribution in [0.4, 0.5) is 5.82 Å². The average Bonchev–Trinajstić information content (AvgIpc) is 3.51. The van der Waals surface area contributed by atoms with Crippen molar-refractivity contribution in [3.8, 4) is 17.0 Å². The number of H-pyrrole nitrogens is 1. The van der Waals surface area contributed by atoms with Crippen LogP contribution in [0.25, 0.3) is 22.2 Å². The van der Waals surface area contributed by atoms with E-state index in [2.05, 4.69) is 16.8 Å². The van der Waals surface area contributed by atoms with Crippen LogP contribution in [0.3, 0.4) is 0 Å². The molecule has 31 heavy (non-hydrogen) atoms. The summed E-state index contributed by atoms with van der Waals surface area (Å²) >= 11 is 0. The minimum atomic E-state index is -0.358. The number of anilines is 1. The summed E-state index contributed by atoms with van der Waals surface area (Å²) in [5, 5.41) is 11.7. The SMILES string of the molecule is C=CC(=O)N1CCC[C@@H](n2nc(-c3ccc(OC4CC4)cc3)c3c(N)n[nH]c(=O)c32)C1. The third-order valence-electron chi connectivity index (χ3n) is 5.84. The van der Waals surface area contributed by atoms with Gasteiger partial charge in [-0.2, -0.15) is 10.2 Å². The van der Waals surface area contributed by atoms with Gasteiger partial charge in [0.1, 0.15) is 17.0 Å². The number of carbonyl (C=O) groups is 1. The lowest BCUT2D eigenvalue weighted by atomic mass is 10.1. The van der Waals surface area contributed by atoms with Crippen LogP contribution in [-0.2, 0) is 4.79 Å². The van der Waals surface area contributed by atoms with E-state index in [1.807, 2.05) is 24.3 Å². The maximum Gasteiger partial charge on any atom is 0.290 e. The summed E-state index contributed by atoms with van der Waals surface area (Å²) in [6.07, 6.45) is 5.43. The van der Waals surface area contributed by atoms with Crippen LogP contribution in [0.1, 0.15) is 31.7 Å². The van der Waals surface area contributed by atoms with E-state index in [0.717, 1.165) is 37.0 Å². The molecule has 5 rings (SSSR count). The molecule has 0 radical (unpaired) electrons. The van der Waals surface area contributed by atoms with Crippen molar-refractivity contribution in [3.05, 3.63) is 47.3 Å². The minimum absolute atomic E-state index is 0.122. The van der Waals surface area contributed by atoms with Crippen LogP contribution in [-0.4, -0.2) is 50.0 Å². The fraction of sp³-hybridized carbons (Fsp3) is 0.364. The summed E-state index contributed by atoms with van der Waals surface area (Å²) in [5.74, 6) is 0.900. The Balaban J connectivity index is 1.58. The first-order valence-corrected chi connectivity index (χ1v) is 10.5. The monoisotopic (exact) mass is 420 g/mol. The molecule has 1 amide bonds. The highest BCUT2D eigenvalue weighted by Crippen LogP contribution is 2.34. The number of piperidine rings is 1. The highest BCUT2D eigenvalue weighted by atomic mass is 16.5. The van der Waals surface area contributed by atoms with Gasteiger partial charge in [0.05, 0.1) is 17.5 Å². The smallest absolute Gasteiger partial charge is 0.290 e. The van der Waals surface area contributed by atoms with Gasteiger partial charge in [0.2, 0.25) is 5.91 Å². The van der Waals surface area contributed by atoms with E-state index in [9.17, 15) is 9.59 Å². The number of likely N-dealkylation sites (tertiary alicyclic amines) is 1. The second-order valence-corrected chi connectivity index (χ2v) is 8.08. The summed E-state index contributed by atoms with van der Waals surface area (Å²) in [4.78, 5) is 26.6. The molecule has 2 aliphatic rings. The number of carbonyl (C=O) groups excluding carboxylic acids is 1. The van der Waals surface area contributed by atoms with Gasteiger partial charge >= 0.3 is 0 Å². The molecule has 160 valence electrons. The summed E-state index contributed by atoms with van der Waals surface area (Å²) < 4.78 is 7.54. The van der Waals surface area contributed by atoms with Gasteiger partial charge in [0.15, 0.2) is 5.82 Å². The Hall–Kier alpha value is -3.62. The first-order chi connectivity index (χ1) is 15.0. The fourth-order valence-corrected chi connectivity index (χ4v) is 4.13. The van der Waals surface area contributed by atoms with Crippen LogP contribution < -0.4 is 16.0 Å². The number of nitrogen functional groups attached to an aromatic ring is 1. The molecule has 9 nitrogen and oxygen atoms in total. The Morgan fingerprint density at radius 3 is 2.74 bits per heavy atom. The van der Waals surface area contributed by atoms with Gasteiger partial charge in [0.25, 0.3) is 5.56 Å². The summed E-state index contributed by atoms with van der Waals surface area (Å²) in [6, 6.07) is 7.49. The maximum atomic E-state index is 12.7. The van der Waals surface area contributed by atoms with Crippen LogP contribution >= 0.6 is 0 Å². The van der Waals surface area contributed by atoms with Gasteiger partial charge < -0.3 is 15.4 Å². The molecular formula is C22H24N6O3. The van der Waals surface area contributed by atoms with Crippen molar-refractivity contribution in [2.75, 3.05) is 18.8 Å². The van der Waals surface area contributed by atoms with Crippen molar-refractivity contribution < 1.29 is 9.53 Å². The van der Waals surface area contributed by atoms with Crippen molar-refractivity contribution in [1.82, 2.24) is 24.9 Å². The van der Waals surface area contributed by atoms with E-state index < -0.39 is 0 Å². The molecular weight excluding hydrogens is 396 g/mol. The number of hydrogen-bond donors (Lipinski definition) is 2. The standard InChI is InChI=1S/C22H24N6O3/c1-2-17(29)27-11-3-4-14(12-27)28-20-18(21(23)24-25-22(20)30)19(26-28)13-5-7-15(8-6-13)31-16-9-10-16/h2,5-8,14,16H,1,3-4,9-12H2,(H2,23,24)(H,25,30)/t14-/m1/s1. The Morgan fingerprint density at radius 2 is 2.03 bits per heavy atom. The van der Waals surface area contributed by atoms with Crippen molar-refractivity contribution in [3.63, 3.8) is 0 Å². The highest BCUT2D eigenvalue weighted by Gasteiger charge is 2.29. The molecule has 0 unspecified atom stereocenters. The largest absolute Gasteiger partial charge is 0.490 e. The van der Waals surface area contributed by atoms with Crippen LogP contribution in [0, 0.1) is 0 Å². The number of aromatic amines is 1. The first kappa shape index (κ1) is 19.3. The summed E-state index contributed by atoms with van der Waals surface area (Å²) in [6.45, 7) is 4.70. The molecule has 9 heteroatoms. The zero-order valence-corrected chi connectivity index (χ0v) is 17.1. The normalized spacial score (nSPS) is 18.8. The lowest BCUT2D eigenvalue weighted by Crippen LogP contribution is -2.40. The third-order valence-corrected chi connectivity index (χ3v) is 5.84. The van der Waals surface area contributed by atoms with Gasteiger partial charge in [0, 0.05) is 18.7 Å². The molecule has 0 bridgehead atoms. The number of fused-ring (bicyclic) bond motifs is 1. The number of nitrogens with two attached hydrogens (primary N) is 1. The average molecular weight is 420 g/mol. The summed E-state index contributed by atoms with van der Waals surface area (Å²) in [7, 11) is 0. The molecule has 1 aromatic carbocycles. The van der Waals surface area contributed by atoms with Gasteiger partial charge in [-0.25, -0.2) is 5.10 Å². The van der Waals surface area contributed by atoms with E-state index in [4.69, 9.17) is 15.6 Å². The molecule has 1 saturated carbocycles. The second-order valence-electron chi connectivity index (χ2n) is 8.08. The second kappa shape index (κ2) is 7.57. The minimum Gasteiger partial charge on any atom is -0.490 e. The molecule has 1 aliphatic heterocycles. The predicted molar refractivity (Wildman–Crippen MR) is 117 cm³/mol. The zero-order valence-electron chi connectivity index (χ0n) is 17.1. The number of amides is 1. The maximum absolute atomic E-state index is 12.7. The van der Waals surface area contributed by atoms with Gasteiger partial charge in [-0.1, -0.05) is 6.58 Å². The van der Waals surface area contributed by atoms with E-state index in [0.29, 0.717) is 35.8 Å². The van der Waals surface area contributed by atoms with Crippen molar-refractivity contribution >= 4 is 22.6 Å². The number of aromatic nitrogens is 4. The lowest BCUT2D eigenvalue weighted by Gasteiger charge is -2.32. The van der Waals surface area contributed by atoms with E-state index in [1.165, 1.54) is 6.08 Å². The fourth-order valence-electron chi connectivity index (χ4n) is 4.13. The number of nitrogens with zero attached hydrogens (tertiary/aromatic N) is 4. The molecule has 3 aromatic rings. The molecule has 2 fully saturated rings. The van der Waals surface area contributed by atoms with Gasteiger partial charge in [-0.05, 0) is 56.0 Å². The number of nitrogens with one attached hydrogen (secondary N) is 1. The van der Waals surface area contributed by atoms with E-state index in [-0.39, 0.29) is 23.3 Å². The Morgan fingerprint density at radius 1 is 1.26 bits per heavy atom. The molecule has 3 N–H and O–H groups in total.